The third kappa shape index (κ3) is 3.03. The van der Waals surface area contributed by atoms with Gasteiger partial charge in [0.15, 0.2) is 0 Å². The van der Waals surface area contributed by atoms with Gasteiger partial charge in [0.1, 0.15) is 5.69 Å². The number of pyridine rings is 1. The highest BCUT2D eigenvalue weighted by molar-refractivity contribution is 5.94. The molecule has 1 heterocycles. The molecular formula is C12H16N2O3. The summed E-state index contributed by atoms with van der Waals surface area (Å²) in [7, 11) is 1.69. The molecule has 0 saturated carbocycles. The Kier molecular flexibility index (Phi) is 3.50. The van der Waals surface area contributed by atoms with Crippen molar-refractivity contribution in [3.63, 3.8) is 0 Å². The second-order valence-corrected chi connectivity index (χ2v) is 4.77. The molecule has 1 amide bonds. The second kappa shape index (κ2) is 4.53. The Morgan fingerprint density at radius 1 is 1.29 bits per heavy atom. The molecule has 0 aromatic carbocycles. The van der Waals surface area contributed by atoms with E-state index in [9.17, 15) is 9.59 Å². The molecular weight excluding hydrogens is 220 g/mol. The van der Waals surface area contributed by atoms with Crippen molar-refractivity contribution in [3.8, 4) is 0 Å². The summed E-state index contributed by atoms with van der Waals surface area (Å²) < 4.78 is 0. The standard InChI is InChI=1S/C12H16N2O3/c1-12(2,3)14(4)10(15)9-6-5-8(7-13-9)11(16)17/h5-7H,1-4H3,(H,16,17). The van der Waals surface area contributed by atoms with Gasteiger partial charge >= 0.3 is 5.97 Å². The van der Waals surface area contributed by atoms with Crippen LogP contribution in [-0.2, 0) is 0 Å². The van der Waals surface area contributed by atoms with Gasteiger partial charge in [0.25, 0.3) is 5.91 Å². The Morgan fingerprint density at radius 3 is 2.24 bits per heavy atom. The lowest BCUT2D eigenvalue weighted by atomic mass is 10.1. The predicted octanol–water partition coefficient (Wildman–Crippen LogP) is 1.65. The maximum absolute atomic E-state index is 12.0. The van der Waals surface area contributed by atoms with Gasteiger partial charge in [-0.25, -0.2) is 4.79 Å². The molecule has 0 saturated heterocycles. The van der Waals surface area contributed by atoms with E-state index in [0.29, 0.717) is 0 Å². The van der Waals surface area contributed by atoms with Crippen molar-refractivity contribution >= 4 is 11.9 Å². The molecule has 5 heteroatoms. The summed E-state index contributed by atoms with van der Waals surface area (Å²) in [6.07, 6.45) is 1.19. The highest BCUT2D eigenvalue weighted by Crippen LogP contribution is 2.14. The zero-order valence-corrected chi connectivity index (χ0v) is 10.4. The minimum Gasteiger partial charge on any atom is -0.478 e. The third-order valence-electron chi connectivity index (χ3n) is 2.54. The third-order valence-corrected chi connectivity index (χ3v) is 2.54. The number of carbonyl (C=O) groups excluding carboxylic acids is 1. The second-order valence-electron chi connectivity index (χ2n) is 4.77. The van der Waals surface area contributed by atoms with Crippen LogP contribution in [0.5, 0.6) is 0 Å². The van der Waals surface area contributed by atoms with Gasteiger partial charge < -0.3 is 10.0 Å². The molecule has 0 unspecified atom stereocenters. The van der Waals surface area contributed by atoms with Crippen LogP contribution in [-0.4, -0.2) is 39.5 Å². The summed E-state index contributed by atoms with van der Waals surface area (Å²) >= 11 is 0. The first-order valence-corrected chi connectivity index (χ1v) is 5.21. The zero-order chi connectivity index (χ0) is 13.2. The first-order chi connectivity index (χ1) is 7.73. The number of hydrogen-bond donors (Lipinski definition) is 1. The van der Waals surface area contributed by atoms with Crippen molar-refractivity contribution in [1.29, 1.82) is 0 Å². The van der Waals surface area contributed by atoms with Gasteiger partial charge in [0.05, 0.1) is 5.56 Å². The topological polar surface area (TPSA) is 70.5 Å². The van der Waals surface area contributed by atoms with Crippen LogP contribution in [0.3, 0.4) is 0 Å². The molecule has 1 rings (SSSR count). The normalized spacial score (nSPS) is 11.1. The van der Waals surface area contributed by atoms with Gasteiger partial charge in [0.2, 0.25) is 0 Å². The van der Waals surface area contributed by atoms with E-state index in [0.717, 1.165) is 0 Å². The number of rotatable bonds is 2. The summed E-state index contributed by atoms with van der Waals surface area (Å²) in [6, 6.07) is 2.80. The first kappa shape index (κ1) is 13.2. The Bertz CT molecular complexity index is 432. The van der Waals surface area contributed by atoms with Gasteiger partial charge in [-0.15, -0.1) is 0 Å². The fourth-order valence-corrected chi connectivity index (χ4v) is 1.12. The SMILES string of the molecule is CN(C(=O)c1ccc(C(=O)O)cn1)C(C)(C)C. The lowest BCUT2D eigenvalue weighted by Gasteiger charge is -2.31. The molecule has 0 aliphatic carbocycles. The number of nitrogens with zero attached hydrogens (tertiary/aromatic N) is 2. The molecule has 0 aliphatic rings. The molecule has 0 fully saturated rings. The van der Waals surface area contributed by atoms with Crippen LogP contribution in [0.4, 0.5) is 0 Å². The highest BCUT2D eigenvalue weighted by Gasteiger charge is 2.24. The lowest BCUT2D eigenvalue weighted by Crippen LogP contribution is -2.42. The summed E-state index contributed by atoms with van der Waals surface area (Å²) in [5.41, 5.74) is 0.0110. The molecule has 1 aromatic heterocycles. The number of amides is 1. The average Bonchev–Trinajstić information content (AvgIpc) is 2.26. The van der Waals surface area contributed by atoms with Gasteiger partial charge in [-0.2, -0.15) is 0 Å². The van der Waals surface area contributed by atoms with Crippen LogP contribution in [0.15, 0.2) is 18.3 Å². The maximum Gasteiger partial charge on any atom is 0.337 e. The van der Waals surface area contributed by atoms with E-state index in [4.69, 9.17) is 5.11 Å². The maximum atomic E-state index is 12.0. The van der Waals surface area contributed by atoms with E-state index in [-0.39, 0.29) is 22.7 Å². The molecule has 0 radical (unpaired) electrons. The van der Waals surface area contributed by atoms with Crippen LogP contribution in [0.1, 0.15) is 41.6 Å². The largest absolute Gasteiger partial charge is 0.478 e. The van der Waals surface area contributed by atoms with E-state index in [2.05, 4.69) is 4.98 Å². The first-order valence-electron chi connectivity index (χ1n) is 5.21. The van der Waals surface area contributed by atoms with E-state index in [1.807, 2.05) is 20.8 Å². The molecule has 0 bridgehead atoms. The summed E-state index contributed by atoms with van der Waals surface area (Å²) in [4.78, 5) is 28.1. The highest BCUT2D eigenvalue weighted by atomic mass is 16.4. The molecule has 0 aliphatic heterocycles. The van der Waals surface area contributed by atoms with Crippen molar-refractivity contribution in [2.24, 2.45) is 0 Å². The van der Waals surface area contributed by atoms with Crippen LogP contribution < -0.4 is 0 Å². The Labute approximate surface area is 100 Å². The predicted molar refractivity (Wildman–Crippen MR) is 63.0 cm³/mol. The number of carboxylic acids is 1. The van der Waals surface area contributed by atoms with Crippen molar-refractivity contribution in [3.05, 3.63) is 29.6 Å². The van der Waals surface area contributed by atoms with E-state index in [1.165, 1.54) is 18.3 Å². The van der Waals surface area contributed by atoms with E-state index < -0.39 is 5.97 Å². The van der Waals surface area contributed by atoms with Gasteiger partial charge in [-0.1, -0.05) is 0 Å². The van der Waals surface area contributed by atoms with Gasteiger partial charge in [-0.05, 0) is 32.9 Å². The minimum absolute atomic E-state index is 0.0694. The molecule has 0 spiro atoms. The number of aromatic nitrogens is 1. The molecule has 5 nitrogen and oxygen atoms in total. The Balaban J connectivity index is 2.95. The van der Waals surface area contributed by atoms with Gasteiger partial charge in [0, 0.05) is 18.8 Å². The number of carbonyl (C=O) groups is 2. The van der Waals surface area contributed by atoms with Gasteiger partial charge in [-0.3, -0.25) is 9.78 Å². The van der Waals surface area contributed by atoms with Crippen molar-refractivity contribution in [1.82, 2.24) is 9.88 Å². The zero-order valence-electron chi connectivity index (χ0n) is 10.4. The van der Waals surface area contributed by atoms with E-state index in [1.54, 1.807) is 11.9 Å². The smallest absolute Gasteiger partial charge is 0.337 e. The fourth-order valence-electron chi connectivity index (χ4n) is 1.12. The monoisotopic (exact) mass is 236 g/mol. The number of carboxylic acid groups (broad SMARTS) is 1. The van der Waals surface area contributed by atoms with E-state index >= 15 is 0 Å². The Morgan fingerprint density at radius 2 is 1.88 bits per heavy atom. The van der Waals surface area contributed by atoms with Crippen molar-refractivity contribution in [2.45, 2.75) is 26.3 Å². The van der Waals surface area contributed by atoms with Crippen LogP contribution in [0.2, 0.25) is 0 Å². The van der Waals surface area contributed by atoms with Crippen molar-refractivity contribution < 1.29 is 14.7 Å². The summed E-state index contributed by atoms with van der Waals surface area (Å²) in [5.74, 6) is -1.28. The molecule has 0 atom stereocenters. The molecule has 92 valence electrons. The molecule has 1 aromatic rings. The molecule has 1 N–H and O–H groups in total. The fraction of sp³-hybridized carbons (Fsp3) is 0.417. The number of aromatic carboxylic acids is 1. The summed E-state index contributed by atoms with van der Waals surface area (Å²) in [6.45, 7) is 5.74. The quantitative estimate of drug-likeness (QED) is 0.847. The van der Waals surface area contributed by atoms with Crippen LogP contribution in [0.25, 0.3) is 0 Å². The van der Waals surface area contributed by atoms with Crippen LogP contribution >= 0.6 is 0 Å². The Hall–Kier alpha value is -1.91. The average molecular weight is 236 g/mol. The minimum atomic E-state index is -1.05. The number of hydrogen-bond acceptors (Lipinski definition) is 3. The van der Waals surface area contributed by atoms with Crippen molar-refractivity contribution in [2.75, 3.05) is 7.05 Å². The lowest BCUT2D eigenvalue weighted by molar-refractivity contribution is 0.0644. The summed E-state index contributed by atoms with van der Waals surface area (Å²) in [5, 5.41) is 8.72. The van der Waals surface area contributed by atoms with Crippen LogP contribution in [0, 0.1) is 0 Å². The molecule has 17 heavy (non-hydrogen) atoms.